The summed E-state index contributed by atoms with van der Waals surface area (Å²) in [5.41, 5.74) is 6.55. The molecule has 2 rings (SSSR count). The highest BCUT2D eigenvalue weighted by Crippen LogP contribution is 2.26. The van der Waals surface area contributed by atoms with Crippen molar-refractivity contribution in [2.75, 3.05) is 19.8 Å². The highest BCUT2D eigenvalue weighted by Gasteiger charge is 2.16. The Balaban J connectivity index is 1.99. The molecule has 0 amide bonds. The minimum Gasteiger partial charge on any atom is -0.493 e. The smallest absolute Gasteiger partial charge is 0.124 e. The molecule has 18 heavy (non-hydrogen) atoms. The Morgan fingerprint density at radius 3 is 2.83 bits per heavy atom. The van der Waals surface area contributed by atoms with Crippen molar-refractivity contribution in [3.05, 3.63) is 29.6 Å². The first kappa shape index (κ1) is 13.3. The maximum absolute atomic E-state index is 13.2. The standard InChI is InChI=1S/C14H20FNO2/c1-10(16)13-8-12(15)2-3-14(13)18-9-11-4-6-17-7-5-11/h2-3,8,10-11H,4-7,9,16H2,1H3. The molecule has 1 aromatic rings. The lowest BCUT2D eigenvalue weighted by molar-refractivity contribution is 0.0495. The van der Waals surface area contributed by atoms with Crippen LogP contribution in [0.3, 0.4) is 0 Å². The normalized spacial score (nSPS) is 18.6. The second-order valence-corrected chi connectivity index (χ2v) is 4.84. The number of nitrogens with two attached hydrogens (primary N) is 1. The van der Waals surface area contributed by atoms with Crippen LogP contribution < -0.4 is 10.5 Å². The number of hydrogen-bond donors (Lipinski definition) is 1. The predicted molar refractivity (Wildman–Crippen MR) is 68.0 cm³/mol. The van der Waals surface area contributed by atoms with E-state index >= 15 is 0 Å². The van der Waals surface area contributed by atoms with Gasteiger partial charge < -0.3 is 15.2 Å². The summed E-state index contributed by atoms with van der Waals surface area (Å²) in [6.45, 7) is 4.08. The van der Waals surface area contributed by atoms with E-state index in [1.807, 2.05) is 6.92 Å². The van der Waals surface area contributed by atoms with E-state index in [2.05, 4.69) is 0 Å². The first-order valence-corrected chi connectivity index (χ1v) is 6.42. The molecule has 0 saturated carbocycles. The predicted octanol–water partition coefficient (Wildman–Crippen LogP) is 2.65. The molecule has 1 heterocycles. The maximum atomic E-state index is 13.2. The van der Waals surface area contributed by atoms with Crippen molar-refractivity contribution in [3.63, 3.8) is 0 Å². The monoisotopic (exact) mass is 253 g/mol. The van der Waals surface area contributed by atoms with Gasteiger partial charge in [0.15, 0.2) is 0 Å². The van der Waals surface area contributed by atoms with Crippen LogP contribution in [0.15, 0.2) is 18.2 Å². The van der Waals surface area contributed by atoms with Crippen LogP contribution in [-0.2, 0) is 4.74 Å². The zero-order chi connectivity index (χ0) is 13.0. The molecule has 0 aromatic heterocycles. The number of rotatable bonds is 4. The Hall–Kier alpha value is -1.13. The highest BCUT2D eigenvalue weighted by molar-refractivity contribution is 5.36. The molecule has 0 aliphatic carbocycles. The Morgan fingerprint density at radius 1 is 1.44 bits per heavy atom. The molecule has 1 unspecified atom stereocenters. The summed E-state index contributed by atoms with van der Waals surface area (Å²) < 4.78 is 24.3. The molecule has 4 heteroatoms. The Morgan fingerprint density at radius 2 is 2.17 bits per heavy atom. The van der Waals surface area contributed by atoms with Gasteiger partial charge in [-0.15, -0.1) is 0 Å². The Kier molecular flexibility index (Phi) is 4.55. The summed E-state index contributed by atoms with van der Waals surface area (Å²) in [5.74, 6) is 0.934. The van der Waals surface area contributed by atoms with Crippen LogP contribution in [0.5, 0.6) is 5.75 Å². The van der Waals surface area contributed by atoms with Crippen molar-refractivity contribution in [1.82, 2.24) is 0 Å². The first-order chi connectivity index (χ1) is 8.66. The van der Waals surface area contributed by atoms with Crippen molar-refractivity contribution >= 4 is 0 Å². The quantitative estimate of drug-likeness (QED) is 0.897. The van der Waals surface area contributed by atoms with Crippen LogP contribution in [-0.4, -0.2) is 19.8 Å². The number of benzene rings is 1. The third-order valence-electron chi connectivity index (χ3n) is 3.28. The van der Waals surface area contributed by atoms with Gasteiger partial charge in [0.05, 0.1) is 6.61 Å². The summed E-state index contributed by atoms with van der Waals surface area (Å²) >= 11 is 0. The average molecular weight is 253 g/mol. The molecule has 1 fully saturated rings. The maximum Gasteiger partial charge on any atom is 0.124 e. The Labute approximate surface area is 107 Å². The van der Waals surface area contributed by atoms with Crippen molar-refractivity contribution in [2.45, 2.75) is 25.8 Å². The van der Waals surface area contributed by atoms with Crippen LogP contribution in [0, 0.1) is 11.7 Å². The Bertz CT molecular complexity index is 389. The van der Waals surface area contributed by atoms with Crippen LogP contribution in [0.2, 0.25) is 0 Å². The van der Waals surface area contributed by atoms with Crippen molar-refractivity contribution in [2.24, 2.45) is 11.7 Å². The fourth-order valence-electron chi connectivity index (χ4n) is 2.13. The van der Waals surface area contributed by atoms with E-state index in [-0.39, 0.29) is 11.9 Å². The van der Waals surface area contributed by atoms with Crippen LogP contribution >= 0.6 is 0 Å². The zero-order valence-electron chi connectivity index (χ0n) is 10.7. The molecule has 1 atom stereocenters. The molecular formula is C14H20FNO2. The lowest BCUT2D eigenvalue weighted by Crippen LogP contribution is -2.22. The number of halogens is 1. The van der Waals surface area contributed by atoms with Crippen molar-refractivity contribution < 1.29 is 13.9 Å². The molecule has 1 aromatic carbocycles. The van der Waals surface area contributed by atoms with E-state index in [1.165, 1.54) is 12.1 Å². The summed E-state index contributed by atoms with van der Waals surface area (Å²) in [5, 5.41) is 0. The van der Waals surface area contributed by atoms with E-state index in [1.54, 1.807) is 6.07 Å². The molecular weight excluding hydrogens is 233 g/mol. The molecule has 2 N–H and O–H groups in total. The lowest BCUT2D eigenvalue weighted by atomic mass is 10.0. The van der Waals surface area contributed by atoms with Gasteiger partial charge in [-0.05, 0) is 43.9 Å². The topological polar surface area (TPSA) is 44.5 Å². The van der Waals surface area contributed by atoms with Gasteiger partial charge in [-0.25, -0.2) is 4.39 Å². The first-order valence-electron chi connectivity index (χ1n) is 6.42. The second-order valence-electron chi connectivity index (χ2n) is 4.84. The van der Waals surface area contributed by atoms with Gasteiger partial charge in [0.2, 0.25) is 0 Å². The van der Waals surface area contributed by atoms with Gasteiger partial charge in [-0.1, -0.05) is 0 Å². The van der Waals surface area contributed by atoms with E-state index in [0.717, 1.165) is 31.6 Å². The van der Waals surface area contributed by atoms with Gasteiger partial charge >= 0.3 is 0 Å². The molecule has 3 nitrogen and oxygen atoms in total. The average Bonchev–Trinajstić information content (AvgIpc) is 2.38. The summed E-state index contributed by atoms with van der Waals surface area (Å²) in [6.07, 6.45) is 2.05. The van der Waals surface area contributed by atoms with E-state index in [4.69, 9.17) is 15.2 Å². The summed E-state index contributed by atoms with van der Waals surface area (Å²) in [4.78, 5) is 0. The van der Waals surface area contributed by atoms with Crippen LogP contribution in [0.4, 0.5) is 4.39 Å². The van der Waals surface area contributed by atoms with E-state index < -0.39 is 0 Å². The van der Waals surface area contributed by atoms with Gasteiger partial charge in [-0.2, -0.15) is 0 Å². The van der Waals surface area contributed by atoms with Crippen LogP contribution in [0.25, 0.3) is 0 Å². The van der Waals surface area contributed by atoms with Gasteiger partial charge in [0, 0.05) is 24.8 Å². The minimum atomic E-state index is -0.277. The van der Waals surface area contributed by atoms with Gasteiger partial charge in [-0.3, -0.25) is 0 Å². The minimum absolute atomic E-state index is 0.231. The molecule has 1 aliphatic heterocycles. The summed E-state index contributed by atoms with van der Waals surface area (Å²) in [7, 11) is 0. The van der Waals surface area contributed by atoms with E-state index in [0.29, 0.717) is 18.3 Å². The molecule has 100 valence electrons. The number of hydrogen-bond acceptors (Lipinski definition) is 3. The lowest BCUT2D eigenvalue weighted by Gasteiger charge is -2.23. The molecule has 0 radical (unpaired) electrons. The zero-order valence-corrected chi connectivity index (χ0v) is 10.7. The van der Waals surface area contributed by atoms with E-state index in [9.17, 15) is 4.39 Å². The fraction of sp³-hybridized carbons (Fsp3) is 0.571. The second kappa shape index (κ2) is 6.16. The molecule has 1 aliphatic rings. The van der Waals surface area contributed by atoms with Gasteiger partial charge in [0.1, 0.15) is 11.6 Å². The third-order valence-corrected chi connectivity index (χ3v) is 3.28. The third kappa shape index (κ3) is 3.43. The fourth-order valence-corrected chi connectivity index (χ4v) is 2.13. The number of ether oxygens (including phenoxy) is 2. The molecule has 1 saturated heterocycles. The largest absolute Gasteiger partial charge is 0.493 e. The van der Waals surface area contributed by atoms with Gasteiger partial charge in [0.25, 0.3) is 0 Å². The summed E-state index contributed by atoms with van der Waals surface area (Å²) in [6, 6.07) is 4.29. The van der Waals surface area contributed by atoms with Crippen molar-refractivity contribution in [3.8, 4) is 5.75 Å². The molecule has 0 spiro atoms. The highest BCUT2D eigenvalue weighted by atomic mass is 19.1. The molecule has 0 bridgehead atoms. The van der Waals surface area contributed by atoms with Crippen molar-refractivity contribution in [1.29, 1.82) is 0 Å². The SMILES string of the molecule is CC(N)c1cc(F)ccc1OCC1CCOCC1. The van der Waals surface area contributed by atoms with Crippen LogP contribution in [0.1, 0.15) is 31.4 Å².